The Kier molecular flexibility index (Phi) is 5.98. The number of aliphatic hydroxyl groups excluding tert-OH is 1. The molecule has 0 aliphatic heterocycles. The van der Waals surface area contributed by atoms with Gasteiger partial charge in [0.05, 0.1) is 23.4 Å². The highest BCUT2D eigenvalue weighted by Gasteiger charge is 2.34. The van der Waals surface area contributed by atoms with Gasteiger partial charge in [-0.1, -0.05) is 41.9 Å². The number of amides is 3. The van der Waals surface area contributed by atoms with Crippen LogP contribution < -0.4 is 10.6 Å². The molecule has 2 aromatic rings. The lowest BCUT2D eigenvalue weighted by Gasteiger charge is -2.26. The van der Waals surface area contributed by atoms with Gasteiger partial charge in [0.25, 0.3) is 0 Å². The van der Waals surface area contributed by atoms with Crippen molar-refractivity contribution in [1.29, 1.82) is 0 Å². The molecule has 3 N–H and O–H groups in total. The van der Waals surface area contributed by atoms with E-state index in [1.54, 1.807) is 23.1 Å². The van der Waals surface area contributed by atoms with E-state index in [0.29, 0.717) is 16.4 Å². The lowest BCUT2D eigenvalue weighted by atomic mass is 10.1. The van der Waals surface area contributed by atoms with E-state index in [1.165, 1.54) is 6.92 Å². The van der Waals surface area contributed by atoms with Crippen LogP contribution in [0.15, 0.2) is 48.5 Å². The first-order chi connectivity index (χ1) is 12.9. The first-order valence-corrected chi connectivity index (χ1v) is 9.19. The number of hydrogen-bond donors (Lipinski definition) is 3. The minimum Gasteiger partial charge on any atom is -0.387 e. The van der Waals surface area contributed by atoms with Crippen molar-refractivity contribution >= 4 is 34.9 Å². The van der Waals surface area contributed by atoms with Gasteiger partial charge in [0, 0.05) is 18.7 Å². The van der Waals surface area contributed by atoms with Crippen LogP contribution in [0.25, 0.3) is 0 Å². The highest BCUT2D eigenvalue weighted by Crippen LogP contribution is 2.31. The zero-order valence-electron chi connectivity index (χ0n) is 15.0. The molecule has 0 bridgehead atoms. The highest BCUT2D eigenvalue weighted by atomic mass is 35.5. The third-order valence-electron chi connectivity index (χ3n) is 4.33. The second-order valence-electron chi connectivity index (χ2n) is 6.62. The fourth-order valence-electron chi connectivity index (χ4n) is 2.84. The van der Waals surface area contributed by atoms with Crippen molar-refractivity contribution in [1.82, 2.24) is 4.90 Å². The first-order valence-electron chi connectivity index (χ1n) is 8.82. The number of benzene rings is 2. The second-order valence-corrected chi connectivity index (χ2v) is 7.02. The smallest absolute Gasteiger partial charge is 0.322 e. The van der Waals surface area contributed by atoms with Crippen LogP contribution in [-0.4, -0.2) is 34.5 Å². The average Bonchev–Trinajstić information content (AvgIpc) is 3.47. The van der Waals surface area contributed by atoms with Gasteiger partial charge in [-0.15, -0.1) is 0 Å². The first kappa shape index (κ1) is 19.2. The molecule has 0 aromatic heterocycles. The van der Waals surface area contributed by atoms with Crippen molar-refractivity contribution in [2.75, 3.05) is 17.2 Å². The molecular weight excluding hydrogens is 366 g/mol. The van der Waals surface area contributed by atoms with E-state index < -0.39 is 6.10 Å². The minimum atomic E-state index is -0.754. The van der Waals surface area contributed by atoms with E-state index >= 15 is 0 Å². The summed E-state index contributed by atoms with van der Waals surface area (Å²) in [6.45, 7) is 1.62. The quantitative estimate of drug-likeness (QED) is 0.699. The molecule has 3 amide bonds. The van der Waals surface area contributed by atoms with Gasteiger partial charge in [-0.3, -0.25) is 4.79 Å². The normalized spacial score (nSPS) is 14.3. The second kappa shape index (κ2) is 8.41. The summed E-state index contributed by atoms with van der Waals surface area (Å²) in [5.74, 6) is -0.197. The Morgan fingerprint density at radius 3 is 2.48 bits per heavy atom. The summed E-state index contributed by atoms with van der Waals surface area (Å²) in [7, 11) is 0. The highest BCUT2D eigenvalue weighted by molar-refractivity contribution is 6.34. The van der Waals surface area contributed by atoms with Gasteiger partial charge in [-0.05, 0) is 36.6 Å². The number of halogens is 1. The minimum absolute atomic E-state index is 0.126. The molecule has 2 aromatic carbocycles. The molecule has 0 saturated heterocycles. The van der Waals surface area contributed by atoms with Crippen molar-refractivity contribution < 1.29 is 14.7 Å². The molecule has 0 radical (unpaired) electrons. The largest absolute Gasteiger partial charge is 0.387 e. The predicted octanol–water partition coefficient (Wildman–Crippen LogP) is 4.03. The maximum absolute atomic E-state index is 12.8. The summed E-state index contributed by atoms with van der Waals surface area (Å²) in [5, 5.41) is 16.2. The number of nitrogens with zero attached hydrogens (tertiary/aromatic N) is 1. The Morgan fingerprint density at radius 2 is 1.89 bits per heavy atom. The molecule has 27 heavy (non-hydrogen) atoms. The van der Waals surface area contributed by atoms with Gasteiger partial charge in [0.15, 0.2) is 0 Å². The number of nitrogens with one attached hydrogen (secondary N) is 2. The number of rotatable bonds is 6. The fourth-order valence-corrected chi connectivity index (χ4v) is 3.06. The van der Waals surface area contributed by atoms with Gasteiger partial charge in [-0.2, -0.15) is 0 Å². The number of carbonyl (C=O) groups excluding carboxylic acids is 2. The Morgan fingerprint density at radius 1 is 1.19 bits per heavy atom. The number of urea groups is 1. The standard InChI is InChI=1S/C20H22ClN3O3/c1-13(25)22-15-7-10-18(17(21)11-15)23-20(27)24(16-8-9-16)12-19(26)14-5-3-2-4-6-14/h2-7,10-11,16,19,26H,8-9,12H2,1H3,(H,22,25)(H,23,27). The third kappa shape index (κ3) is 5.21. The van der Waals surface area contributed by atoms with E-state index in [4.69, 9.17) is 11.6 Å². The van der Waals surface area contributed by atoms with E-state index in [1.807, 2.05) is 30.3 Å². The van der Waals surface area contributed by atoms with Crippen LogP contribution in [0.5, 0.6) is 0 Å². The summed E-state index contributed by atoms with van der Waals surface area (Å²) in [4.78, 5) is 25.5. The lowest BCUT2D eigenvalue weighted by Crippen LogP contribution is -2.39. The zero-order valence-corrected chi connectivity index (χ0v) is 15.7. The van der Waals surface area contributed by atoms with Crippen molar-refractivity contribution in [3.8, 4) is 0 Å². The Labute approximate surface area is 163 Å². The maximum Gasteiger partial charge on any atom is 0.322 e. The van der Waals surface area contributed by atoms with Crippen LogP contribution in [0.4, 0.5) is 16.2 Å². The molecule has 1 unspecified atom stereocenters. The van der Waals surface area contributed by atoms with Gasteiger partial charge < -0.3 is 20.6 Å². The number of anilines is 2. The van der Waals surface area contributed by atoms with E-state index in [9.17, 15) is 14.7 Å². The molecule has 142 valence electrons. The average molecular weight is 388 g/mol. The van der Waals surface area contributed by atoms with Gasteiger partial charge in [0.2, 0.25) is 5.91 Å². The molecule has 1 aliphatic carbocycles. The number of aliphatic hydroxyl groups is 1. The summed E-state index contributed by atoms with van der Waals surface area (Å²) in [6, 6.07) is 14.0. The van der Waals surface area contributed by atoms with Crippen LogP contribution in [-0.2, 0) is 4.79 Å². The molecule has 1 aliphatic rings. The van der Waals surface area contributed by atoms with Crippen molar-refractivity contribution in [2.45, 2.75) is 31.9 Å². The van der Waals surface area contributed by atoms with Crippen LogP contribution in [0.2, 0.25) is 5.02 Å². The van der Waals surface area contributed by atoms with Crippen molar-refractivity contribution in [3.63, 3.8) is 0 Å². The Hall–Kier alpha value is -2.57. The SMILES string of the molecule is CC(=O)Nc1ccc(NC(=O)N(CC(O)c2ccccc2)C2CC2)c(Cl)c1. The van der Waals surface area contributed by atoms with Crippen LogP contribution in [0, 0.1) is 0 Å². The molecule has 0 heterocycles. The number of hydrogen-bond acceptors (Lipinski definition) is 3. The van der Waals surface area contributed by atoms with Crippen LogP contribution >= 0.6 is 11.6 Å². The van der Waals surface area contributed by atoms with E-state index in [2.05, 4.69) is 10.6 Å². The van der Waals surface area contributed by atoms with E-state index in [-0.39, 0.29) is 24.5 Å². The van der Waals surface area contributed by atoms with Crippen LogP contribution in [0.1, 0.15) is 31.4 Å². The molecule has 1 saturated carbocycles. The molecule has 6 nitrogen and oxygen atoms in total. The summed E-state index contributed by atoms with van der Waals surface area (Å²) < 4.78 is 0. The van der Waals surface area contributed by atoms with Crippen LogP contribution in [0.3, 0.4) is 0 Å². The van der Waals surface area contributed by atoms with Crippen molar-refractivity contribution in [2.24, 2.45) is 0 Å². The summed E-state index contributed by atoms with van der Waals surface area (Å²) in [6.07, 6.45) is 1.09. The van der Waals surface area contributed by atoms with Gasteiger partial charge in [0.1, 0.15) is 0 Å². The summed E-state index contributed by atoms with van der Waals surface area (Å²) >= 11 is 6.22. The van der Waals surface area contributed by atoms with Crippen molar-refractivity contribution in [3.05, 3.63) is 59.1 Å². The van der Waals surface area contributed by atoms with Gasteiger partial charge in [-0.25, -0.2) is 4.79 Å². The monoisotopic (exact) mass is 387 g/mol. The lowest BCUT2D eigenvalue weighted by molar-refractivity contribution is -0.114. The summed E-state index contributed by atoms with van der Waals surface area (Å²) in [5.41, 5.74) is 1.79. The van der Waals surface area contributed by atoms with E-state index in [0.717, 1.165) is 18.4 Å². The predicted molar refractivity (Wildman–Crippen MR) is 106 cm³/mol. The molecule has 1 atom stereocenters. The third-order valence-corrected chi connectivity index (χ3v) is 4.65. The maximum atomic E-state index is 12.8. The molecule has 1 fully saturated rings. The Balaban J connectivity index is 1.68. The van der Waals surface area contributed by atoms with Gasteiger partial charge >= 0.3 is 6.03 Å². The molecular formula is C20H22ClN3O3. The topological polar surface area (TPSA) is 81.7 Å². The Bertz CT molecular complexity index is 824. The molecule has 7 heteroatoms. The molecule has 3 rings (SSSR count). The number of carbonyl (C=O) groups is 2. The molecule has 0 spiro atoms. The fraction of sp³-hybridized carbons (Fsp3) is 0.300. The zero-order chi connectivity index (χ0) is 19.4.